The van der Waals surface area contributed by atoms with Gasteiger partial charge in [0.25, 0.3) is 0 Å². The van der Waals surface area contributed by atoms with Gasteiger partial charge in [0.05, 0.1) is 6.26 Å². The van der Waals surface area contributed by atoms with E-state index in [1.807, 2.05) is 36.6 Å². The fourth-order valence-electron chi connectivity index (χ4n) is 1.58. The molecule has 0 saturated heterocycles. The van der Waals surface area contributed by atoms with E-state index in [4.69, 9.17) is 16.6 Å². The normalized spacial score (nSPS) is 10.7. The van der Waals surface area contributed by atoms with Crippen molar-refractivity contribution in [2.45, 2.75) is 0 Å². The van der Waals surface area contributed by atoms with Gasteiger partial charge in [-0.15, -0.1) is 0 Å². The van der Waals surface area contributed by atoms with Crippen molar-refractivity contribution >= 4 is 39.8 Å². The summed E-state index contributed by atoms with van der Waals surface area (Å²) in [6.07, 6.45) is 6.50. The lowest BCUT2D eigenvalue weighted by molar-refractivity contribution is 0.102. The van der Waals surface area contributed by atoms with Crippen LogP contribution in [0, 0.1) is 0 Å². The minimum absolute atomic E-state index is 0.195. The van der Waals surface area contributed by atoms with Gasteiger partial charge in [0.15, 0.2) is 5.76 Å². The molecule has 0 fully saturated rings. The molecule has 20 heavy (non-hydrogen) atoms. The standard InChI is InChI=1S/C15H13NO2S2/c1-20-15(19)16(12-6-3-2-4-7-12)10-9-13(17)14-8-5-11-18-14/h2-11H,1H3/b10-9+. The molecule has 1 aromatic carbocycles. The van der Waals surface area contributed by atoms with Crippen LogP contribution in [-0.4, -0.2) is 16.4 Å². The summed E-state index contributed by atoms with van der Waals surface area (Å²) in [7, 11) is 0. The van der Waals surface area contributed by atoms with E-state index >= 15 is 0 Å². The van der Waals surface area contributed by atoms with Crippen molar-refractivity contribution in [3.63, 3.8) is 0 Å². The zero-order valence-corrected chi connectivity index (χ0v) is 12.5. The van der Waals surface area contributed by atoms with E-state index in [-0.39, 0.29) is 5.78 Å². The molecule has 2 aromatic rings. The summed E-state index contributed by atoms with van der Waals surface area (Å²) in [5.74, 6) is 0.115. The Morgan fingerprint density at radius 3 is 2.60 bits per heavy atom. The van der Waals surface area contributed by atoms with E-state index in [1.54, 1.807) is 23.2 Å². The first-order valence-corrected chi connectivity index (χ1v) is 7.54. The van der Waals surface area contributed by atoms with E-state index in [0.717, 1.165) is 5.69 Å². The number of allylic oxidation sites excluding steroid dienone is 1. The van der Waals surface area contributed by atoms with Crippen molar-refractivity contribution in [3.8, 4) is 0 Å². The van der Waals surface area contributed by atoms with Crippen molar-refractivity contribution in [1.82, 2.24) is 0 Å². The SMILES string of the molecule is CSC(=S)N(/C=C/C(=O)c1ccco1)c1ccccc1. The number of furan rings is 1. The fourth-order valence-corrected chi connectivity index (χ4v) is 2.11. The van der Waals surface area contributed by atoms with Crippen LogP contribution in [-0.2, 0) is 0 Å². The van der Waals surface area contributed by atoms with Gasteiger partial charge in [0.2, 0.25) is 5.78 Å². The lowest BCUT2D eigenvalue weighted by Crippen LogP contribution is -2.20. The molecule has 0 unspecified atom stereocenters. The van der Waals surface area contributed by atoms with Gasteiger partial charge < -0.3 is 9.32 Å². The number of anilines is 1. The number of carbonyl (C=O) groups excluding carboxylic acids is 1. The maximum absolute atomic E-state index is 11.9. The Balaban J connectivity index is 2.21. The van der Waals surface area contributed by atoms with E-state index in [1.165, 1.54) is 24.1 Å². The zero-order valence-electron chi connectivity index (χ0n) is 10.9. The summed E-state index contributed by atoms with van der Waals surface area (Å²) in [5, 5.41) is 0. The molecule has 1 aromatic heterocycles. The lowest BCUT2D eigenvalue weighted by atomic mass is 10.3. The molecule has 0 aliphatic rings. The molecular formula is C15H13NO2S2. The van der Waals surface area contributed by atoms with Crippen LogP contribution >= 0.6 is 24.0 Å². The zero-order chi connectivity index (χ0) is 14.4. The Hall–Kier alpha value is -1.85. The van der Waals surface area contributed by atoms with Crippen molar-refractivity contribution in [1.29, 1.82) is 0 Å². The van der Waals surface area contributed by atoms with E-state index in [0.29, 0.717) is 10.1 Å². The number of para-hydroxylation sites is 1. The van der Waals surface area contributed by atoms with Crippen LogP contribution in [0.2, 0.25) is 0 Å². The first-order chi connectivity index (χ1) is 9.72. The highest BCUT2D eigenvalue weighted by molar-refractivity contribution is 8.22. The summed E-state index contributed by atoms with van der Waals surface area (Å²) >= 11 is 6.76. The van der Waals surface area contributed by atoms with Crippen LogP contribution in [0.15, 0.2) is 65.4 Å². The highest BCUT2D eigenvalue weighted by Gasteiger charge is 2.10. The van der Waals surface area contributed by atoms with Gasteiger partial charge in [0, 0.05) is 18.0 Å². The highest BCUT2D eigenvalue weighted by atomic mass is 32.2. The van der Waals surface area contributed by atoms with Gasteiger partial charge in [-0.05, 0) is 30.5 Å². The number of thioether (sulfide) groups is 1. The maximum atomic E-state index is 11.9. The van der Waals surface area contributed by atoms with Gasteiger partial charge >= 0.3 is 0 Å². The quantitative estimate of drug-likeness (QED) is 0.482. The topological polar surface area (TPSA) is 33.5 Å². The number of hydrogen-bond acceptors (Lipinski definition) is 4. The number of thiocarbonyl (C=S) groups is 1. The van der Waals surface area contributed by atoms with Crippen LogP contribution in [0.4, 0.5) is 5.69 Å². The summed E-state index contributed by atoms with van der Waals surface area (Å²) < 4.78 is 5.73. The van der Waals surface area contributed by atoms with Crippen molar-refractivity contribution in [3.05, 3.63) is 66.8 Å². The monoisotopic (exact) mass is 303 g/mol. The third-order valence-electron chi connectivity index (χ3n) is 2.54. The molecule has 0 bridgehead atoms. The average molecular weight is 303 g/mol. The Morgan fingerprint density at radius 2 is 2.00 bits per heavy atom. The second kappa shape index (κ2) is 7.07. The summed E-state index contributed by atoms with van der Waals surface area (Å²) in [5.41, 5.74) is 0.912. The summed E-state index contributed by atoms with van der Waals surface area (Å²) in [4.78, 5) is 13.7. The molecule has 0 aliphatic heterocycles. The molecule has 0 saturated carbocycles. The Bertz CT molecular complexity index is 606. The Labute approximate surface area is 127 Å². The van der Waals surface area contributed by atoms with Gasteiger partial charge in [-0.1, -0.05) is 42.2 Å². The van der Waals surface area contributed by atoms with E-state index in [9.17, 15) is 4.79 Å². The Morgan fingerprint density at radius 1 is 1.25 bits per heavy atom. The molecule has 2 rings (SSSR count). The van der Waals surface area contributed by atoms with Crippen molar-refractivity contribution < 1.29 is 9.21 Å². The predicted octanol–water partition coefficient (Wildman–Crippen LogP) is 4.13. The highest BCUT2D eigenvalue weighted by Crippen LogP contribution is 2.19. The molecule has 0 N–H and O–H groups in total. The van der Waals surface area contributed by atoms with Gasteiger partial charge in [-0.2, -0.15) is 0 Å². The maximum Gasteiger partial charge on any atom is 0.222 e. The number of carbonyl (C=O) groups is 1. The number of ketones is 1. The molecule has 3 nitrogen and oxygen atoms in total. The molecule has 102 valence electrons. The third-order valence-corrected chi connectivity index (χ3v) is 3.79. The second-order valence-corrected chi connectivity index (χ2v) is 5.27. The fraction of sp³-hybridized carbons (Fsp3) is 0.0667. The molecule has 1 heterocycles. The van der Waals surface area contributed by atoms with Crippen LogP contribution in [0.25, 0.3) is 0 Å². The minimum Gasteiger partial charge on any atom is -0.461 e. The largest absolute Gasteiger partial charge is 0.461 e. The van der Waals surface area contributed by atoms with Crippen LogP contribution in [0.1, 0.15) is 10.6 Å². The number of rotatable bonds is 4. The van der Waals surface area contributed by atoms with Crippen molar-refractivity contribution in [2.24, 2.45) is 0 Å². The van der Waals surface area contributed by atoms with Gasteiger partial charge in [0.1, 0.15) is 4.32 Å². The predicted molar refractivity (Wildman–Crippen MR) is 87.2 cm³/mol. The van der Waals surface area contributed by atoms with Crippen LogP contribution < -0.4 is 4.90 Å². The van der Waals surface area contributed by atoms with Crippen molar-refractivity contribution in [2.75, 3.05) is 11.2 Å². The smallest absolute Gasteiger partial charge is 0.222 e. The summed E-state index contributed by atoms with van der Waals surface area (Å²) in [6, 6.07) is 13.0. The molecule has 0 radical (unpaired) electrons. The van der Waals surface area contributed by atoms with Gasteiger partial charge in [-0.3, -0.25) is 4.79 Å². The second-order valence-electron chi connectivity index (χ2n) is 3.83. The third kappa shape index (κ3) is 3.59. The number of benzene rings is 1. The first-order valence-electron chi connectivity index (χ1n) is 5.90. The van der Waals surface area contributed by atoms with E-state index < -0.39 is 0 Å². The summed E-state index contributed by atoms with van der Waals surface area (Å²) in [6.45, 7) is 0. The van der Waals surface area contributed by atoms with Gasteiger partial charge in [-0.25, -0.2) is 0 Å². The molecule has 0 spiro atoms. The van der Waals surface area contributed by atoms with E-state index in [2.05, 4.69) is 0 Å². The molecular weight excluding hydrogens is 290 g/mol. The van der Waals surface area contributed by atoms with Crippen LogP contribution in [0.3, 0.4) is 0 Å². The lowest BCUT2D eigenvalue weighted by Gasteiger charge is -2.19. The molecule has 0 aliphatic carbocycles. The van der Waals surface area contributed by atoms with Crippen LogP contribution in [0.5, 0.6) is 0 Å². The first kappa shape index (κ1) is 14.6. The molecule has 0 amide bonds. The molecule has 0 atom stereocenters. The minimum atomic E-state index is -0.195. The number of nitrogens with zero attached hydrogens (tertiary/aromatic N) is 1. The average Bonchev–Trinajstić information content (AvgIpc) is 3.02. The number of hydrogen-bond donors (Lipinski definition) is 0. The molecule has 5 heteroatoms. The Kier molecular flexibility index (Phi) is 5.15.